The van der Waals surface area contributed by atoms with E-state index in [4.69, 9.17) is 0 Å². The molecule has 1 aliphatic rings. The average Bonchev–Trinajstić information content (AvgIpc) is 2.09. The quantitative estimate of drug-likeness (QED) is 0.543. The van der Waals surface area contributed by atoms with Crippen LogP contribution in [-0.2, 0) is 4.79 Å². The molecule has 1 aliphatic carbocycles. The molecule has 0 aliphatic heterocycles. The van der Waals surface area contributed by atoms with Gasteiger partial charge in [-0.05, 0) is 12.8 Å². The van der Waals surface area contributed by atoms with Crippen molar-refractivity contribution in [1.82, 2.24) is 0 Å². The molecule has 1 fully saturated rings. The van der Waals surface area contributed by atoms with Crippen LogP contribution in [0.1, 0.15) is 19.3 Å². The fourth-order valence-electron chi connectivity index (χ4n) is 1.39. The smallest absolute Gasteiger partial charge is 0.164 e. The van der Waals surface area contributed by atoms with Crippen molar-refractivity contribution in [3.8, 4) is 0 Å². The molecule has 0 aromatic heterocycles. The number of carbonyl (C=O) groups excluding carboxylic acids is 1. The first-order valence-corrected chi connectivity index (χ1v) is 4.11. The fourth-order valence-corrected chi connectivity index (χ4v) is 1.39. The van der Waals surface area contributed by atoms with Crippen LogP contribution in [0.4, 0.5) is 0 Å². The second-order valence-corrected chi connectivity index (χ2v) is 2.76. The maximum Gasteiger partial charge on any atom is 0.164 e. The van der Waals surface area contributed by atoms with Crippen molar-refractivity contribution in [2.24, 2.45) is 4.99 Å². The van der Waals surface area contributed by atoms with Gasteiger partial charge < -0.3 is 0 Å². The molecular weight excluding hydrogens is 150 g/mol. The molecule has 1 rings (SSSR count). The lowest BCUT2D eigenvalue weighted by atomic mass is 9.91. The molecule has 0 bridgehead atoms. The van der Waals surface area contributed by atoms with Gasteiger partial charge in [0.25, 0.3) is 0 Å². The Morgan fingerprint density at radius 1 is 1.50 bits per heavy atom. The lowest BCUT2D eigenvalue weighted by Crippen LogP contribution is -2.18. The Morgan fingerprint density at radius 2 is 2.25 bits per heavy atom. The summed E-state index contributed by atoms with van der Waals surface area (Å²) in [5.41, 5.74) is 1.67. The van der Waals surface area contributed by atoms with Crippen LogP contribution < -0.4 is 0 Å². The Hall–Kier alpha value is -1.18. The predicted molar refractivity (Wildman–Crippen MR) is 50.5 cm³/mol. The van der Waals surface area contributed by atoms with Gasteiger partial charge in [0.05, 0.1) is 0 Å². The van der Waals surface area contributed by atoms with E-state index in [0.717, 1.165) is 24.1 Å². The number of rotatable bonds is 1. The lowest BCUT2D eigenvalue weighted by Gasteiger charge is -2.14. The molecule has 64 valence electrons. The molecule has 2 heteroatoms. The van der Waals surface area contributed by atoms with E-state index >= 15 is 0 Å². The van der Waals surface area contributed by atoms with E-state index in [-0.39, 0.29) is 5.78 Å². The highest BCUT2D eigenvalue weighted by molar-refractivity contribution is 6.23. The van der Waals surface area contributed by atoms with E-state index in [0.29, 0.717) is 6.42 Å². The van der Waals surface area contributed by atoms with Crippen LogP contribution in [0.25, 0.3) is 0 Å². The van der Waals surface area contributed by atoms with Gasteiger partial charge in [0.1, 0.15) is 0 Å². The van der Waals surface area contributed by atoms with Gasteiger partial charge in [-0.1, -0.05) is 18.7 Å². The standard InChI is InChI=1S/C10H13NO/c1-3-5-8-9(11-2)6-4-7-10(8)12/h3,5H,1,4,6-7H2,2H3/b8-5+,11-9?. The number of hydrogen-bond acceptors (Lipinski definition) is 2. The van der Waals surface area contributed by atoms with Crippen LogP contribution in [-0.4, -0.2) is 18.5 Å². The molecule has 0 amide bonds. The first-order chi connectivity index (χ1) is 5.79. The molecule has 0 aromatic rings. The summed E-state index contributed by atoms with van der Waals surface area (Å²) >= 11 is 0. The van der Waals surface area contributed by atoms with Gasteiger partial charge in [0.2, 0.25) is 0 Å². The number of nitrogens with zero attached hydrogens (tertiary/aromatic N) is 1. The molecule has 2 nitrogen and oxygen atoms in total. The second-order valence-electron chi connectivity index (χ2n) is 2.76. The van der Waals surface area contributed by atoms with Crippen LogP contribution in [0, 0.1) is 0 Å². The Balaban J connectivity index is 2.95. The van der Waals surface area contributed by atoms with Gasteiger partial charge in [-0.2, -0.15) is 0 Å². The highest BCUT2D eigenvalue weighted by Gasteiger charge is 2.19. The summed E-state index contributed by atoms with van der Waals surface area (Å²) < 4.78 is 0. The molecule has 0 radical (unpaired) electrons. The third kappa shape index (κ3) is 1.70. The van der Waals surface area contributed by atoms with Crippen molar-refractivity contribution in [3.05, 3.63) is 24.3 Å². The molecule has 0 N–H and O–H groups in total. The Kier molecular flexibility index (Phi) is 2.97. The van der Waals surface area contributed by atoms with Gasteiger partial charge in [0, 0.05) is 24.8 Å². The minimum atomic E-state index is 0.196. The maximum absolute atomic E-state index is 11.4. The van der Waals surface area contributed by atoms with Crippen molar-refractivity contribution in [2.75, 3.05) is 7.05 Å². The van der Waals surface area contributed by atoms with Gasteiger partial charge >= 0.3 is 0 Å². The van der Waals surface area contributed by atoms with Crippen molar-refractivity contribution in [1.29, 1.82) is 0 Å². The fraction of sp³-hybridized carbons (Fsp3) is 0.400. The van der Waals surface area contributed by atoms with Crippen molar-refractivity contribution < 1.29 is 4.79 Å². The molecule has 0 heterocycles. The summed E-state index contributed by atoms with van der Waals surface area (Å²) in [5, 5.41) is 0. The zero-order valence-corrected chi connectivity index (χ0v) is 7.34. The number of allylic oxidation sites excluding steroid dienone is 3. The molecule has 0 atom stereocenters. The van der Waals surface area contributed by atoms with Crippen LogP contribution in [0.15, 0.2) is 29.3 Å². The number of ketones is 1. The molecule has 0 saturated heterocycles. The van der Waals surface area contributed by atoms with Crippen molar-refractivity contribution in [2.45, 2.75) is 19.3 Å². The summed E-state index contributed by atoms with van der Waals surface area (Å²) in [6, 6.07) is 0. The molecule has 0 aromatic carbocycles. The highest BCUT2D eigenvalue weighted by atomic mass is 16.1. The minimum absolute atomic E-state index is 0.196. The Bertz CT molecular complexity index is 261. The maximum atomic E-state index is 11.4. The first kappa shape index (κ1) is 8.91. The van der Waals surface area contributed by atoms with Gasteiger partial charge in [-0.15, -0.1) is 0 Å². The van der Waals surface area contributed by atoms with E-state index in [2.05, 4.69) is 11.6 Å². The zero-order chi connectivity index (χ0) is 8.97. The summed E-state index contributed by atoms with van der Waals surface area (Å²) in [4.78, 5) is 15.4. The minimum Gasteiger partial charge on any atom is -0.294 e. The Morgan fingerprint density at radius 3 is 2.83 bits per heavy atom. The summed E-state index contributed by atoms with van der Waals surface area (Å²) in [6.45, 7) is 3.57. The zero-order valence-electron chi connectivity index (χ0n) is 7.34. The van der Waals surface area contributed by atoms with E-state index in [1.54, 1.807) is 19.2 Å². The summed E-state index contributed by atoms with van der Waals surface area (Å²) in [7, 11) is 1.73. The molecule has 12 heavy (non-hydrogen) atoms. The van der Waals surface area contributed by atoms with Crippen LogP contribution in [0.2, 0.25) is 0 Å². The number of hydrogen-bond donors (Lipinski definition) is 0. The SMILES string of the molecule is C=C/C=C1/C(=O)CCCC1=NC. The van der Waals surface area contributed by atoms with Gasteiger partial charge in [-0.3, -0.25) is 9.79 Å². The number of aliphatic imine (C=N–C) groups is 1. The second kappa shape index (κ2) is 4.00. The average molecular weight is 163 g/mol. The van der Waals surface area contributed by atoms with E-state index in [9.17, 15) is 4.79 Å². The number of Topliss-reactive ketones (excluding diaryl/α,β-unsaturated/α-hetero) is 1. The summed E-state index contributed by atoms with van der Waals surface area (Å²) in [5.74, 6) is 0.196. The van der Waals surface area contributed by atoms with Crippen LogP contribution >= 0.6 is 0 Å². The Labute approximate surface area is 72.7 Å². The van der Waals surface area contributed by atoms with Gasteiger partial charge in [-0.25, -0.2) is 0 Å². The van der Waals surface area contributed by atoms with Crippen molar-refractivity contribution in [3.63, 3.8) is 0 Å². The largest absolute Gasteiger partial charge is 0.294 e. The third-order valence-electron chi connectivity index (χ3n) is 1.98. The molecule has 0 spiro atoms. The van der Waals surface area contributed by atoms with Crippen LogP contribution in [0.5, 0.6) is 0 Å². The van der Waals surface area contributed by atoms with Gasteiger partial charge in [0.15, 0.2) is 5.78 Å². The van der Waals surface area contributed by atoms with Crippen molar-refractivity contribution >= 4 is 11.5 Å². The first-order valence-electron chi connectivity index (χ1n) is 4.11. The topological polar surface area (TPSA) is 29.4 Å². The van der Waals surface area contributed by atoms with E-state index < -0.39 is 0 Å². The monoisotopic (exact) mass is 163 g/mol. The third-order valence-corrected chi connectivity index (χ3v) is 1.98. The van der Waals surface area contributed by atoms with E-state index in [1.807, 2.05) is 0 Å². The molecular formula is C10H13NO. The molecule has 0 unspecified atom stereocenters. The predicted octanol–water partition coefficient (Wildman–Crippen LogP) is 1.92. The van der Waals surface area contributed by atoms with E-state index in [1.165, 1.54) is 0 Å². The highest BCUT2D eigenvalue weighted by Crippen LogP contribution is 2.17. The van der Waals surface area contributed by atoms with Crippen LogP contribution in [0.3, 0.4) is 0 Å². The number of carbonyl (C=O) groups is 1. The summed E-state index contributed by atoms with van der Waals surface area (Å²) in [6.07, 6.45) is 5.90. The normalized spacial score (nSPS) is 24.9. The molecule has 1 saturated carbocycles. The lowest BCUT2D eigenvalue weighted by molar-refractivity contribution is -0.115.